The minimum absolute atomic E-state index is 0.0550. The summed E-state index contributed by atoms with van der Waals surface area (Å²) in [5.74, 6) is 0.750. The van der Waals surface area contributed by atoms with Crippen molar-refractivity contribution in [2.75, 3.05) is 0 Å². The Morgan fingerprint density at radius 3 is 2.75 bits per heavy atom. The van der Waals surface area contributed by atoms with E-state index in [0.717, 1.165) is 30.7 Å². The summed E-state index contributed by atoms with van der Waals surface area (Å²) in [5, 5.41) is 0. The maximum absolute atomic E-state index is 12.6. The van der Waals surface area contributed by atoms with E-state index in [1.165, 1.54) is 0 Å². The number of fused-ring (bicyclic) bond motifs is 1. The Hall–Kier alpha value is -2.23. The lowest BCUT2D eigenvalue weighted by Gasteiger charge is -2.19. The van der Waals surface area contributed by atoms with Crippen molar-refractivity contribution in [1.29, 1.82) is 0 Å². The number of rotatable bonds is 3. The Kier molecular flexibility index (Phi) is 3.46. The van der Waals surface area contributed by atoms with Crippen LogP contribution in [0.2, 0.25) is 0 Å². The van der Waals surface area contributed by atoms with Crippen molar-refractivity contribution in [3.63, 3.8) is 0 Å². The van der Waals surface area contributed by atoms with Gasteiger partial charge in [0.05, 0.1) is 5.56 Å². The number of nitrogens with zero attached hydrogens (tertiary/aromatic N) is 2. The van der Waals surface area contributed by atoms with Crippen molar-refractivity contribution in [3.05, 3.63) is 63.3 Å². The maximum atomic E-state index is 12.6. The van der Waals surface area contributed by atoms with Crippen LogP contribution in [0.3, 0.4) is 0 Å². The molecule has 0 N–H and O–H groups in total. The van der Waals surface area contributed by atoms with E-state index in [9.17, 15) is 9.59 Å². The van der Waals surface area contributed by atoms with Crippen LogP contribution < -0.4 is 5.56 Å². The van der Waals surface area contributed by atoms with Gasteiger partial charge in [-0.15, -0.1) is 0 Å². The average molecular weight is 268 g/mol. The van der Waals surface area contributed by atoms with E-state index >= 15 is 0 Å². The van der Waals surface area contributed by atoms with Crippen LogP contribution in [0, 0.1) is 0 Å². The number of carbonyl (C=O) groups excluding carboxylic acids is 1. The van der Waals surface area contributed by atoms with Crippen LogP contribution in [0.5, 0.6) is 0 Å². The monoisotopic (exact) mass is 268 g/mol. The molecular weight excluding hydrogens is 252 g/mol. The molecule has 3 rings (SSSR count). The van der Waals surface area contributed by atoms with Crippen molar-refractivity contribution in [1.82, 2.24) is 9.55 Å². The van der Waals surface area contributed by atoms with E-state index in [0.29, 0.717) is 30.5 Å². The first-order valence-electron chi connectivity index (χ1n) is 6.91. The largest absolute Gasteiger partial charge is 0.296 e. The number of carbonyl (C=O) groups is 1. The van der Waals surface area contributed by atoms with Crippen LogP contribution in [0.1, 0.15) is 40.3 Å². The van der Waals surface area contributed by atoms with Gasteiger partial charge in [-0.2, -0.15) is 0 Å². The summed E-state index contributed by atoms with van der Waals surface area (Å²) >= 11 is 0. The Balaban J connectivity index is 2.09. The molecule has 0 saturated heterocycles. The van der Waals surface area contributed by atoms with E-state index in [1.54, 1.807) is 4.57 Å². The Morgan fingerprint density at radius 2 is 2.00 bits per heavy atom. The quantitative estimate of drug-likeness (QED) is 0.800. The van der Waals surface area contributed by atoms with Gasteiger partial charge < -0.3 is 0 Å². The van der Waals surface area contributed by atoms with Crippen molar-refractivity contribution < 1.29 is 4.79 Å². The van der Waals surface area contributed by atoms with Crippen molar-refractivity contribution in [3.8, 4) is 0 Å². The number of benzene rings is 1. The van der Waals surface area contributed by atoms with Gasteiger partial charge in [0.15, 0.2) is 6.29 Å². The Labute approximate surface area is 117 Å². The minimum atomic E-state index is -0.0550. The molecule has 0 atom stereocenters. The molecule has 1 aromatic heterocycles. The molecule has 20 heavy (non-hydrogen) atoms. The summed E-state index contributed by atoms with van der Waals surface area (Å²) in [6, 6.07) is 9.71. The molecule has 102 valence electrons. The number of aromatic nitrogens is 2. The summed E-state index contributed by atoms with van der Waals surface area (Å²) in [6.07, 6.45) is 3.97. The zero-order valence-corrected chi connectivity index (χ0v) is 11.2. The molecule has 0 amide bonds. The lowest BCUT2D eigenvalue weighted by molar-refractivity contribution is 0.111. The van der Waals surface area contributed by atoms with E-state index in [4.69, 9.17) is 0 Å². The molecule has 4 nitrogen and oxygen atoms in total. The lowest BCUT2D eigenvalue weighted by Crippen LogP contribution is -2.32. The minimum Gasteiger partial charge on any atom is -0.296 e. The number of aldehydes is 1. The molecule has 1 aromatic carbocycles. The fourth-order valence-corrected chi connectivity index (χ4v) is 2.69. The molecule has 0 spiro atoms. The predicted octanol–water partition coefficient (Wildman–Crippen LogP) is 1.98. The first kappa shape index (κ1) is 12.8. The highest BCUT2D eigenvalue weighted by Gasteiger charge is 2.18. The molecule has 0 aliphatic carbocycles. The molecule has 1 aliphatic heterocycles. The summed E-state index contributed by atoms with van der Waals surface area (Å²) in [4.78, 5) is 28.2. The molecule has 0 fully saturated rings. The number of aryl methyl sites for hydroxylation is 1. The van der Waals surface area contributed by atoms with Crippen molar-refractivity contribution in [2.45, 2.75) is 32.2 Å². The second kappa shape index (κ2) is 5.41. The topological polar surface area (TPSA) is 52.0 Å². The fourth-order valence-electron chi connectivity index (χ4n) is 2.69. The van der Waals surface area contributed by atoms with Gasteiger partial charge in [-0.3, -0.25) is 14.2 Å². The zero-order chi connectivity index (χ0) is 13.9. The van der Waals surface area contributed by atoms with Crippen molar-refractivity contribution >= 4 is 6.29 Å². The van der Waals surface area contributed by atoms with E-state index in [-0.39, 0.29) is 5.56 Å². The second-order valence-corrected chi connectivity index (χ2v) is 5.09. The number of hydrogen-bond acceptors (Lipinski definition) is 3. The molecule has 0 radical (unpaired) electrons. The maximum Gasteiger partial charge on any atom is 0.257 e. The van der Waals surface area contributed by atoms with Crippen LogP contribution in [0.15, 0.2) is 35.1 Å². The summed E-state index contributed by atoms with van der Waals surface area (Å²) in [5.41, 5.74) is 1.77. The van der Waals surface area contributed by atoms with Crippen molar-refractivity contribution in [2.24, 2.45) is 0 Å². The molecule has 4 heteroatoms. The Bertz CT molecular complexity index is 690. The third kappa shape index (κ3) is 2.29. The highest BCUT2D eigenvalue weighted by atomic mass is 16.1. The molecule has 0 unspecified atom stereocenters. The number of hydrogen-bond donors (Lipinski definition) is 0. The van der Waals surface area contributed by atoms with Crippen LogP contribution in [0.4, 0.5) is 0 Å². The highest BCUT2D eigenvalue weighted by Crippen LogP contribution is 2.14. The molecule has 1 aliphatic rings. The first-order chi connectivity index (χ1) is 9.79. The van der Waals surface area contributed by atoms with E-state index in [1.807, 2.05) is 30.3 Å². The highest BCUT2D eigenvalue weighted by molar-refractivity contribution is 5.74. The Morgan fingerprint density at radius 1 is 1.20 bits per heavy atom. The van der Waals surface area contributed by atoms with Gasteiger partial charge in [0.25, 0.3) is 5.56 Å². The van der Waals surface area contributed by atoms with Gasteiger partial charge in [0, 0.05) is 19.4 Å². The summed E-state index contributed by atoms with van der Waals surface area (Å²) < 4.78 is 1.73. The lowest BCUT2D eigenvalue weighted by atomic mass is 10.0. The van der Waals surface area contributed by atoms with Gasteiger partial charge in [-0.1, -0.05) is 30.3 Å². The third-order valence-electron chi connectivity index (χ3n) is 3.74. The molecule has 2 heterocycles. The molecule has 0 saturated carbocycles. The molecular formula is C16H16N2O2. The SMILES string of the molecule is O=Cc1nc2n(c(=O)c1Cc1ccccc1)CCCC2. The fraction of sp³-hybridized carbons (Fsp3) is 0.312. The van der Waals surface area contributed by atoms with Gasteiger partial charge in [0.1, 0.15) is 11.5 Å². The van der Waals surface area contributed by atoms with Crippen LogP contribution in [-0.2, 0) is 19.4 Å². The third-order valence-corrected chi connectivity index (χ3v) is 3.74. The normalized spacial score (nSPS) is 13.8. The molecule has 0 bridgehead atoms. The summed E-state index contributed by atoms with van der Waals surface area (Å²) in [6.45, 7) is 0.710. The van der Waals surface area contributed by atoms with Gasteiger partial charge in [-0.05, 0) is 18.4 Å². The van der Waals surface area contributed by atoms with Gasteiger partial charge >= 0.3 is 0 Å². The van der Waals surface area contributed by atoms with Crippen LogP contribution in [-0.4, -0.2) is 15.8 Å². The van der Waals surface area contributed by atoms with Crippen LogP contribution in [0.25, 0.3) is 0 Å². The standard InChI is InChI=1S/C16H16N2O2/c19-11-14-13(10-12-6-2-1-3-7-12)16(20)18-9-5-4-8-15(18)17-14/h1-3,6-7,11H,4-5,8-10H2. The first-order valence-corrected chi connectivity index (χ1v) is 6.91. The summed E-state index contributed by atoms with van der Waals surface area (Å²) in [7, 11) is 0. The average Bonchev–Trinajstić information content (AvgIpc) is 2.51. The van der Waals surface area contributed by atoms with E-state index in [2.05, 4.69) is 4.98 Å². The molecule has 2 aromatic rings. The van der Waals surface area contributed by atoms with E-state index < -0.39 is 0 Å². The zero-order valence-electron chi connectivity index (χ0n) is 11.2. The predicted molar refractivity (Wildman–Crippen MR) is 76.1 cm³/mol. The second-order valence-electron chi connectivity index (χ2n) is 5.09. The smallest absolute Gasteiger partial charge is 0.257 e. The van der Waals surface area contributed by atoms with Crippen LogP contribution >= 0.6 is 0 Å². The van der Waals surface area contributed by atoms with Gasteiger partial charge in [-0.25, -0.2) is 4.98 Å². The van der Waals surface area contributed by atoms with Gasteiger partial charge in [0.2, 0.25) is 0 Å².